The summed E-state index contributed by atoms with van der Waals surface area (Å²) in [6, 6.07) is 50.6. The van der Waals surface area contributed by atoms with Crippen LogP contribution in [-0.2, 0) is 0 Å². The third kappa shape index (κ3) is 4.18. The van der Waals surface area contributed by atoms with Crippen molar-refractivity contribution < 1.29 is 0 Å². The van der Waals surface area contributed by atoms with Crippen LogP contribution in [0.5, 0.6) is 0 Å². The van der Waals surface area contributed by atoms with E-state index >= 15 is 0 Å². The molecule has 0 saturated carbocycles. The zero-order valence-electron chi connectivity index (χ0n) is 25.8. The number of rotatable bonds is 3. The molecule has 2 aromatic heterocycles. The summed E-state index contributed by atoms with van der Waals surface area (Å²) in [5.74, 6) is 0. The van der Waals surface area contributed by atoms with Gasteiger partial charge in [-0.25, -0.2) is 4.98 Å². The van der Waals surface area contributed by atoms with Gasteiger partial charge in [0.1, 0.15) is 0 Å². The van der Waals surface area contributed by atoms with Gasteiger partial charge in [-0.2, -0.15) is 0 Å². The minimum Gasteiger partial charge on any atom is -0.254 e. The minimum atomic E-state index is 0.943. The normalized spacial score (nSPS) is 11.7. The Hall–Kier alpha value is -5.86. The molecule has 0 saturated heterocycles. The van der Waals surface area contributed by atoms with E-state index in [0.717, 1.165) is 33.1 Å². The molecule has 0 atom stereocenters. The van der Waals surface area contributed by atoms with E-state index in [9.17, 15) is 0 Å². The highest BCUT2D eigenvalue weighted by molar-refractivity contribution is 6.25. The lowest BCUT2D eigenvalue weighted by Crippen LogP contribution is -1.92. The van der Waals surface area contributed by atoms with Crippen LogP contribution in [0, 0.1) is 13.8 Å². The first kappa shape index (κ1) is 26.5. The number of fused-ring (bicyclic) bond motifs is 9. The van der Waals surface area contributed by atoms with Gasteiger partial charge in [-0.15, -0.1) is 0 Å². The molecule has 0 unspecified atom stereocenters. The van der Waals surface area contributed by atoms with Crippen LogP contribution in [0.3, 0.4) is 0 Å². The van der Waals surface area contributed by atoms with E-state index in [-0.39, 0.29) is 0 Å². The molecule has 0 fully saturated rings. The van der Waals surface area contributed by atoms with Crippen LogP contribution in [-0.4, -0.2) is 9.97 Å². The van der Waals surface area contributed by atoms with Gasteiger partial charge in [0.15, 0.2) is 0 Å². The van der Waals surface area contributed by atoms with E-state index in [0.29, 0.717) is 0 Å². The monoisotopic (exact) mass is 586 g/mol. The quantitative estimate of drug-likeness (QED) is 0.192. The maximum Gasteiger partial charge on any atom is 0.0972 e. The second-order valence-electron chi connectivity index (χ2n) is 12.3. The van der Waals surface area contributed by atoms with E-state index in [4.69, 9.17) is 4.98 Å². The number of hydrogen-bond donors (Lipinski definition) is 0. The molecule has 7 aromatic carbocycles. The van der Waals surface area contributed by atoms with E-state index in [2.05, 4.69) is 152 Å². The molecule has 2 nitrogen and oxygen atoms in total. The highest BCUT2D eigenvalue weighted by Crippen LogP contribution is 2.38. The van der Waals surface area contributed by atoms with E-state index in [1.807, 2.05) is 12.3 Å². The number of benzene rings is 7. The molecule has 9 aromatic rings. The van der Waals surface area contributed by atoms with Crippen molar-refractivity contribution in [1.29, 1.82) is 0 Å². The fraction of sp³-hybridized carbons (Fsp3) is 0.0455. The fourth-order valence-corrected chi connectivity index (χ4v) is 7.24. The van der Waals surface area contributed by atoms with Crippen LogP contribution in [0.2, 0.25) is 0 Å². The smallest absolute Gasteiger partial charge is 0.0972 e. The Morgan fingerprint density at radius 3 is 1.59 bits per heavy atom. The maximum absolute atomic E-state index is 5.07. The molecule has 0 radical (unpaired) electrons. The highest BCUT2D eigenvalue weighted by atomic mass is 14.7. The molecule has 0 aliphatic rings. The van der Waals surface area contributed by atoms with Crippen molar-refractivity contribution in [3.8, 4) is 33.5 Å². The van der Waals surface area contributed by atoms with Crippen molar-refractivity contribution in [3.05, 3.63) is 157 Å². The zero-order chi connectivity index (χ0) is 30.8. The first-order valence-corrected chi connectivity index (χ1v) is 15.8. The Bertz CT molecular complexity index is 2630. The molecule has 0 bridgehead atoms. The van der Waals surface area contributed by atoms with Gasteiger partial charge in [0, 0.05) is 22.5 Å². The van der Waals surface area contributed by atoms with Gasteiger partial charge in [-0.1, -0.05) is 115 Å². The van der Waals surface area contributed by atoms with Gasteiger partial charge in [-0.3, -0.25) is 4.98 Å². The van der Waals surface area contributed by atoms with Gasteiger partial charge in [-0.05, 0) is 104 Å². The van der Waals surface area contributed by atoms with Crippen molar-refractivity contribution in [2.24, 2.45) is 0 Å². The van der Waals surface area contributed by atoms with Crippen LogP contribution < -0.4 is 0 Å². The van der Waals surface area contributed by atoms with Crippen molar-refractivity contribution in [2.75, 3.05) is 0 Å². The molecular weight excluding hydrogens is 556 g/mol. The standard InChI is InChI=1S/C44H30N2/c1-27-24-31(32-16-21-40-38-11-4-3-9-36(38)37-10-5-6-12-39(37)41(40)26-32)15-19-34(27)35-20-17-33(25-28(35)2)42-22-18-30-14-13-29-8-7-23-45-43(29)44(30)46-42/h3-26H,1-2H3. The minimum absolute atomic E-state index is 0.943. The summed E-state index contributed by atoms with van der Waals surface area (Å²) in [4.78, 5) is 9.71. The third-order valence-corrected chi connectivity index (χ3v) is 9.55. The average molecular weight is 587 g/mol. The number of nitrogens with zero attached hydrogens (tertiary/aromatic N) is 2. The summed E-state index contributed by atoms with van der Waals surface area (Å²) >= 11 is 0. The van der Waals surface area contributed by atoms with Crippen molar-refractivity contribution >= 4 is 54.1 Å². The third-order valence-electron chi connectivity index (χ3n) is 9.55. The lowest BCUT2D eigenvalue weighted by molar-refractivity contribution is 1.35. The summed E-state index contributed by atoms with van der Waals surface area (Å²) in [7, 11) is 0. The maximum atomic E-state index is 5.07. The van der Waals surface area contributed by atoms with E-state index < -0.39 is 0 Å². The van der Waals surface area contributed by atoms with Crippen LogP contribution in [0.15, 0.2) is 146 Å². The Morgan fingerprint density at radius 2 is 0.913 bits per heavy atom. The molecule has 2 heterocycles. The topological polar surface area (TPSA) is 25.8 Å². The number of aromatic nitrogens is 2. The van der Waals surface area contributed by atoms with Crippen LogP contribution in [0.25, 0.3) is 87.6 Å². The van der Waals surface area contributed by atoms with Gasteiger partial charge in [0.05, 0.1) is 16.7 Å². The zero-order valence-corrected chi connectivity index (χ0v) is 25.8. The summed E-state index contributed by atoms with van der Waals surface area (Å²) in [6.07, 6.45) is 1.84. The van der Waals surface area contributed by atoms with E-state index in [1.165, 1.54) is 65.7 Å². The Kier molecular flexibility index (Phi) is 5.97. The van der Waals surface area contributed by atoms with Gasteiger partial charge in [0.2, 0.25) is 0 Å². The summed E-state index contributed by atoms with van der Waals surface area (Å²) in [5, 5.41) is 10.0. The molecule has 216 valence electrons. The van der Waals surface area contributed by atoms with Crippen molar-refractivity contribution in [3.63, 3.8) is 0 Å². The largest absolute Gasteiger partial charge is 0.254 e. The summed E-state index contributed by atoms with van der Waals surface area (Å²) in [6.45, 7) is 4.42. The molecule has 0 spiro atoms. The molecule has 46 heavy (non-hydrogen) atoms. The average Bonchev–Trinajstić information content (AvgIpc) is 3.11. The lowest BCUT2D eigenvalue weighted by Gasteiger charge is -2.15. The molecule has 0 N–H and O–H groups in total. The van der Waals surface area contributed by atoms with Crippen LogP contribution >= 0.6 is 0 Å². The van der Waals surface area contributed by atoms with Crippen molar-refractivity contribution in [2.45, 2.75) is 13.8 Å². The van der Waals surface area contributed by atoms with Gasteiger partial charge >= 0.3 is 0 Å². The molecule has 0 amide bonds. The fourth-order valence-electron chi connectivity index (χ4n) is 7.24. The van der Waals surface area contributed by atoms with Crippen molar-refractivity contribution in [1.82, 2.24) is 9.97 Å². The highest BCUT2D eigenvalue weighted by Gasteiger charge is 2.13. The molecule has 9 rings (SSSR count). The molecular formula is C44H30N2. The second kappa shape index (κ2) is 10.4. The molecule has 0 aliphatic carbocycles. The first-order chi connectivity index (χ1) is 22.6. The number of aryl methyl sites for hydroxylation is 2. The van der Waals surface area contributed by atoms with Gasteiger partial charge in [0.25, 0.3) is 0 Å². The van der Waals surface area contributed by atoms with Crippen LogP contribution in [0.4, 0.5) is 0 Å². The summed E-state index contributed by atoms with van der Waals surface area (Å²) < 4.78 is 0. The van der Waals surface area contributed by atoms with Gasteiger partial charge < -0.3 is 0 Å². The van der Waals surface area contributed by atoms with Crippen LogP contribution in [0.1, 0.15) is 11.1 Å². The Balaban J connectivity index is 1.09. The predicted molar refractivity (Wildman–Crippen MR) is 195 cm³/mol. The Labute approximate surface area is 267 Å². The lowest BCUT2D eigenvalue weighted by atomic mass is 9.90. The molecule has 2 heteroatoms. The Morgan fingerprint density at radius 1 is 0.391 bits per heavy atom. The molecule has 0 aliphatic heterocycles. The summed E-state index contributed by atoms with van der Waals surface area (Å²) in [5.41, 5.74) is 11.4. The first-order valence-electron chi connectivity index (χ1n) is 15.8. The second-order valence-corrected chi connectivity index (χ2v) is 12.3. The van der Waals surface area contributed by atoms with E-state index in [1.54, 1.807) is 0 Å². The number of pyridine rings is 2. The SMILES string of the molecule is Cc1cc(-c2ccc3c4ccccc4c4ccccc4c3c2)ccc1-c1ccc(-c2ccc3ccc4cccnc4c3n2)cc1C. The number of hydrogen-bond acceptors (Lipinski definition) is 2. The predicted octanol–water partition coefficient (Wildman–Crippen LogP) is 11.9.